The SMILES string of the molecule is CCCCCCCCCCCCC(CCCCCCC(O)CC)S(=O)(=O)[O-].[Na+]. The largest absolute Gasteiger partial charge is 1.00 e. The standard InChI is InChI=1S/C22H46O4S.Na/c1-3-5-6-7-8-9-10-11-12-16-19-22(27(24,25)26)20-17-14-13-15-18-21(23)4-2;/h21-23H,3-20H2,1-2H3,(H,24,25,26);/q;+1/p-1. The predicted molar refractivity (Wildman–Crippen MR) is 114 cm³/mol. The average molecular weight is 429 g/mol. The molecule has 0 fully saturated rings. The second-order valence-corrected chi connectivity index (χ2v) is 9.79. The average Bonchev–Trinajstić information content (AvgIpc) is 2.62. The Kier molecular flexibility index (Phi) is 23.4. The van der Waals surface area contributed by atoms with Gasteiger partial charge < -0.3 is 9.66 Å². The van der Waals surface area contributed by atoms with Crippen molar-refractivity contribution in [2.75, 3.05) is 0 Å². The molecule has 0 heterocycles. The smallest absolute Gasteiger partial charge is 0.748 e. The zero-order chi connectivity index (χ0) is 20.4. The van der Waals surface area contributed by atoms with Gasteiger partial charge in [0.1, 0.15) is 0 Å². The van der Waals surface area contributed by atoms with Gasteiger partial charge in [0.05, 0.1) is 16.2 Å². The van der Waals surface area contributed by atoms with Gasteiger partial charge in [0, 0.05) is 5.25 Å². The van der Waals surface area contributed by atoms with Crippen molar-refractivity contribution in [3.8, 4) is 0 Å². The van der Waals surface area contributed by atoms with Crippen molar-refractivity contribution in [1.29, 1.82) is 0 Å². The van der Waals surface area contributed by atoms with Crippen LogP contribution in [0.4, 0.5) is 0 Å². The maximum absolute atomic E-state index is 11.5. The molecule has 0 aromatic carbocycles. The van der Waals surface area contributed by atoms with E-state index in [1.807, 2.05) is 6.92 Å². The molecule has 1 N–H and O–H groups in total. The van der Waals surface area contributed by atoms with Gasteiger partial charge in [0.15, 0.2) is 0 Å². The fourth-order valence-corrected chi connectivity index (χ4v) is 4.51. The van der Waals surface area contributed by atoms with Crippen molar-refractivity contribution >= 4 is 10.1 Å². The summed E-state index contributed by atoms with van der Waals surface area (Å²) in [5.74, 6) is 0. The fraction of sp³-hybridized carbons (Fsp3) is 1.00. The van der Waals surface area contributed by atoms with Crippen LogP contribution in [-0.2, 0) is 10.1 Å². The van der Waals surface area contributed by atoms with Crippen LogP contribution in [0.25, 0.3) is 0 Å². The van der Waals surface area contributed by atoms with Gasteiger partial charge in [-0.3, -0.25) is 0 Å². The fourth-order valence-electron chi connectivity index (χ4n) is 3.60. The minimum absolute atomic E-state index is 0. The van der Waals surface area contributed by atoms with Crippen LogP contribution in [0.5, 0.6) is 0 Å². The molecule has 0 aromatic rings. The number of rotatable bonds is 20. The van der Waals surface area contributed by atoms with E-state index >= 15 is 0 Å². The van der Waals surface area contributed by atoms with Gasteiger partial charge >= 0.3 is 29.6 Å². The number of hydrogen-bond donors (Lipinski definition) is 1. The summed E-state index contributed by atoms with van der Waals surface area (Å²) < 4.78 is 34.4. The van der Waals surface area contributed by atoms with Gasteiger partial charge in [-0.05, 0) is 25.7 Å². The molecule has 4 nitrogen and oxygen atoms in total. The van der Waals surface area contributed by atoms with Crippen LogP contribution in [0.2, 0.25) is 0 Å². The number of aliphatic hydroxyl groups is 1. The Morgan fingerprint density at radius 1 is 0.679 bits per heavy atom. The van der Waals surface area contributed by atoms with Crippen LogP contribution in [0.1, 0.15) is 129 Å². The van der Waals surface area contributed by atoms with Crippen molar-refractivity contribution in [1.82, 2.24) is 0 Å². The van der Waals surface area contributed by atoms with Gasteiger partial charge in [0.25, 0.3) is 0 Å². The Bertz CT molecular complexity index is 415. The number of unbranched alkanes of at least 4 members (excludes halogenated alkanes) is 12. The Balaban J connectivity index is 0. The minimum Gasteiger partial charge on any atom is -0.748 e. The second-order valence-electron chi connectivity index (χ2n) is 8.14. The van der Waals surface area contributed by atoms with Crippen molar-refractivity contribution in [2.45, 2.75) is 141 Å². The third-order valence-electron chi connectivity index (χ3n) is 5.57. The summed E-state index contributed by atoms with van der Waals surface area (Å²) in [6.07, 6.45) is 18.3. The van der Waals surface area contributed by atoms with Crippen molar-refractivity contribution in [2.24, 2.45) is 0 Å². The van der Waals surface area contributed by atoms with E-state index in [4.69, 9.17) is 0 Å². The molecule has 0 aliphatic carbocycles. The summed E-state index contributed by atoms with van der Waals surface area (Å²) in [5, 5.41) is 8.81. The van der Waals surface area contributed by atoms with Gasteiger partial charge in [-0.1, -0.05) is 104 Å². The molecule has 0 aliphatic heterocycles. The van der Waals surface area contributed by atoms with E-state index in [1.54, 1.807) is 0 Å². The van der Waals surface area contributed by atoms with E-state index in [0.29, 0.717) is 12.8 Å². The molecule has 164 valence electrons. The summed E-state index contributed by atoms with van der Waals surface area (Å²) >= 11 is 0. The Hall–Kier alpha value is 0.870. The quantitative estimate of drug-likeness (QED) is 0.183. The van der Waals surface area contributed by atoms with Crippen molar-refractivity contribution < 1.29 is 47.6 Å². The molecule has 28 heavy (non-hydrogen) atoms. The van der Waals surface area contributed by atoms with Gasteiger partial charge in [0.2, 0.25) is 0 Å². The molecule has 0 aliphatic rings. The monoisotopic (exact) mass is 428 g/mol. The van der Waals surface area contributed by atoms with Gasteiger partial charge in [-0.2, -0.15) is 0 Å². The summed E-state index contributed by atoms with van der Waals surface area (Å²) in [7, 11) is -4.18. The van der Waals surface area contributed by atoms with Crippen LogP contribution in [-0.4, -0.2) is 29.4 Å². The molecule has 0 saturated carbocycles. The second kappa shape index (κ2) is 21.1. The molecule has 6 heteroatoms. The molecule has 2 unspecified atom stereocenters. The zero-order valence-electron chi connectivity index (χ0n) is 19.0. The van der Waals surface area contributed by atoms with Crippen molar-refractivity contribution in [3.05, 3.63) is 0 Å². The van der Waals surface area contributed by atoms with Crippen LogP contribution in [0.15, 0.2) is 0 Å². The van der Waals surface area contributed by atoms with Crippen LogP contribution < -0.4 is 29.6 Å². The summed E-state index contributed by atoms with van der Waals surface area (Å²) in [5.41, 5.74) is 0. The van der Waals surface area contributed by atoms with Gasteiger partial charge in [-0.25, -0.2) is 8.42 Å². The maximum atomic E-state index is 11.5. The molecule has 0 radical (unpaired) electrons. The Labute approximate surface area is 197 Å². The molecule has 0 spiro atoms. The van der Waals surface area contributed by atoms with Crippen LogP contribution >= 0.6 is 0 Å². The first kappa shape index (κ1) is 31.1. The number of hydrogen-bond acceptors (Lipinski definition) is 4. The first-order chi connectivity index (χ1) is 12.9. The van der Waals surface area contributed by atoms with E-state index in [0.717, 1.165) is 57.8 Å². The molecule has 0 amide bonds. The maximum Gasteiger partial charge on any atom is 1.00 e. The molecular formula is C22H45NaO4S. The molecule has 0 saturated heterocycles. The van der Waals surface area contributed by atoms with E-state index in [-0.39, 0.29) is 35.7 Å². The normalized spacial score (nSPS) is 13.9. The zero-order valence-corrected chi connectivity index (χ0v) is 21.8. The first-order valence-electron chi connectivity index (χ1n) is 11.5. The van der Waals surface area contributed by atoms with E-state index in [1.165, 1.54) is 44.9 Å². The minimum atomic E-state index is -4.18. The molecular weight excluding hydrogens is 383 g/mol. The summed E-state index contributed by atoms with van der Waals surface area (Å²) in [4.78, 5) is 0. The molecule has 0 rings (SSSR count). The van der Waals surface area contributed by atoms with E-state index in [9.17, 15) is 18.1 Å². The van der Waals surface area contributed by atoms with Gasteiger partial charge in [-0.15, -0.1) is 0 Å². The summed E-state index contributed by atoms with van der Waals surface area (Å²) in [6.45, 7) is 4.20. The summed E-state index contributed by atoms with van der Waals surface area (Å²) in [6, 6.07) is 0. The third-order valence-corrected chi connectivity index (χ3v) is 6.86. The molecule has 0 bridgehead atoms. The van der Waals surface area contributed by atoms with Crippen LogP contribution in [0, 0.1) is 0 Å². The van der Waals surface area contributed by atoms with E-state index < -0.39 is 15.4 Å². The Morgan fingerprint density at radius 3 is 1.39 bits per heavy atom. The Morgan fingerprint density at radius 2 is 1.04 bits per heavy atom. The third kappa shape index (κ3) is 20.2. The first-order valence-corrected chi connectivity index (χ1v) is 13.0. The van der Waals surface area contributed by atoms with Crippen molar-refractivity contribution in [3.63, 3.8) is 0 Å². The number of aliphatic hydroxyl groups excluding tert-OH is 1. The topological polar surface area (TPSA) is 77.4 Å². The molecule has 0 aromatic heterocycles. The predicted octanol–water partition coefficient (Wildman–Crippen LogP) is 3.33. The van der Waals surface area contributed by atoms with E-state index in [2.05, 4.69) is 6.92 Å². The molecule has 2 atom stereocenters. The van der Waals surface area contributed by atoms with Crippen LogP contribution in [0.3, 0.4) is 0 Å².